The molecule has 3 heteroatoms. The average molecular weight is 229 g/mol. The van der Waals surface area contributed by atoms with Crippen LogP contribution in [0.4, 0.5) is 0 Å². The van der Waals surface area contributed by atoms with Crippen molar-refractivity contribution in [3.8, 4) is 11.1 Å². The van der Waals surface area contributed by atoms with Crippen molar-refractivity contribution in [3.05, 3.63) is 41.2 Å². The molecule has 0 bridgehead atoms. The van der Waals surface area contributed by atoms with Crippen molar-refractivity contribution < 1.29 is 0 Å². The molecule has 2 rings (SSSR count). The molecule has 0 amide bonds. The molecule has 17 heavy (non-hydrogen) atoms. The summed E-state index contributed by atoms with van der Waals surface area (Å²) in [5.41, 5.74) is 11.4. The van der Waals surface area contributed by atoms with E-state index in [1.54, 1.807) is 0 Å². The fraction of sp³-hybridized carbons (Fsp3) is 0.357. The molecule has 0 fully saturated rings. The van der Waals surface area contributed by atoms with Gasteiger partial charge in [0.2, 0.25) is 0 Å². The summed E-state index contributed by atoms with van der Waals surface area (Å²) < 4.78 is 0. The molecule has 0 aliphatic carbocycles. The molecule has 0 unspecified atom stereocenters. The van der Waals surface area contributed by atoms with E-state index in [1.807, 2.05) is 6.92 Å². The zero-order valence-electron chi connectivity index (χ0n) is 10.6. The Kier molecular flexibility index (Phi) is 3.29. The van der Waals surface area contributed by atoms with Crippen LogP contribution >= 0.6 is 0 Å². The first-order valence-corrected chi connectivity index (χ1v) is 5.97. The summed E-state index contributed by atoms with van der Waals surface area (Å²) >= 11 is 0. The van der Waals surface area contributed by atoms with Gasteiger partial charge in [0.1, 0.15) is 0 Å². The van der Waals surface area contributed by atoms with E-state index in [1.165, 1.54) is 11.1 Å². The van der Waals surface area contributed by atoms with Gasteiger partial charge >= 0.3 is 0 Å². The first kappa shape index (κ1) is 11.9. The number of nitrogens with one attached hydrogen (secondary N) is 1. The molecular weight excluding hydrogens is 210 g/mol. The van der Waals surface area contributed by atoms with E-state index in [0.29, 0.717) is 12.5 Å². The number of benzene rings is 1. The highest BCUT2D eigenvalue weighted by molar-refractivity contribution is 5.68. The third-order valence-corrected chi connectivity index (χ3v) is 3.08. The number of nitrogens with two attached hydrogens (primary N) is 1. The summed E-state index contributed by atoms with van der Waals surface area (Å²) in [6.07, 6.45) is 0. The van der Waals surface area contributed by atoms with Gasteiger partial charge in [0, 0.05) is 17.8 Å². The maximum absolute atomic E-state index is 5.70. The maximum Gasteiger partial charge on any atom is 0.0838 e. The van der Waals surface area contributed by atoms with Gasteiger partial charge in [0.25, 0.3) is 0 Å². The second kappa shape index (κ2) is 4.72. The topological polar surface area (TPSA) is 54.7 Å². The Morgan fingerprint density at radius 3 is 2.41 bits per heavy atom. The molecule has 0 radical (unpaired) electrons. The Hall–Kier alpha value is -1.61. The first-order chi connectivity index (χ1) is 8.13. The lowest BCUT2D eigenvalue weighted by Crippen LogP contribution is -1.98. The lowest BCUT2D eigenvalue weighted by Gasteiger charge is -2.07. The van der Waals surface area contributed by atoms with Crippen LogP contribution in [0.3, 0.4) is 0 Å². The number of aryl methyl sites for hydroxylation is 1. The van der Waals surface area contributed by atoms with E-state index >= 15 is 0 Å². The highest BCUT2D eigenvalue weighted by atomic mass is 15.1. The average Bonchev–Trinajstić information content (AvgIpc) is 2.70. The summed E-state index contributed by atoms with van der Waals surface area (Å²) in [4.78, 5) is 0. The number of aromatic amines is 1. The standard InChI is InChI=1S/C14H19N3/c1-9(2)11-4-6-12(7-5-11)14-10(3)16-17-13(14)8-15/h4-7,9H,8,15H2,1-3H3,(H,16,17). The van der Waals surface area contributed by atoms with Gasteiger partial charge in [0.15, 0.2) is 0 Å². The van der Waals surface area contributed by atoms with Gasteiger partial charge in [-0.15, -0.1) is 0 Å². The van der Waals surface area contributed by atoms with Gasteiger partial charge in [-0.1, -0.05) is 38.1 Å². The molecule has 0 saturated carbocycles. The molecule has 0 saturated heterocycles. The zero-order chi connectivity index (χ0) is 12.4. The molecule has 90 valence electrons. The van der Waals surface area contributed by atoms with Crippen LogP contribution in [0.2, 0.25) is 0 Å². The Labute approximate surface area is 102 Å². The predicted octanol–water partition coefficient (Wildman–Crippen LogP) is 2.97. The molecule has 3 N–H and O–H groups in total. The van der Waals surface area contributed by atoms with Crippen molar-refractivity contribution in [1.29, 1.82) is 0 Å². The van der Waals surface area contributed by atoms with E-state index in [2.05, 4.69) is 48.3 Å². The van der Waals surface area contributed by atoms with Crippen molar-refractivity contribution in [2.75, 3.05) is 0 Å². The molecule has 0 atom stereocenters. The number of aromatic nitrogens is 2. The van der Waals surface area contributed by atoms with Crippen LogP contribution in [0, 0.1) is 6.92 Å². The predicted molar refractivity (Wildman–Crippen MR) is 70.7 cm³/mol. The fourth-order valence-electron chi connectivity index (χ4n) is 2.05. The summed E-state index contributed by atoms with van der Waals surface area (Å²) in [7, 11) is 0. The van der Waals surface area contributed by atoms with Crippen LogP contribution < -0.4 is 5.73 Å². The smallest absolute Gasteiger partial charge is 0.0838 e. The highest BCUT2D eigenvalue weighted by Crippen LogP contribution is 2.27. The minimum Gasteiger partial charge on any atom is -0.325 e. The van der Waals surface area contributed by atoms with Gasteiger partial charge in [-0.3, -0.25) is 5.10 Å². The quantitative estimate of drug-likeness (QED) is 0.850. The summed E-state index contributed by atoms with van der Waals surface area (Å²) in [5.74, 6) is 0.559. The van der Waals surface area contributed by atoms with Crippen LogP contribution in [0.15, 0.2) is 24.3 Å². The minimum absolute atomic E-state index is 0.464. The molecule has 1 heterocycles. The van der Waals surface area contributed by atoms with Crippen molar-refractivity contribution >= 4 is 0 Å². The van der Waals surface area contributed by atoms with Crippen molar-refractivity contribution in [2.24, 2.45) is 5.73 Å². The summed E-state index contributed by atoms with van der Waals surface area (Å²) in [5, 5.41) is 7.21. The van der Waals surface area contributed by atoms with Gasteiger partial charge in [0.05, 0.1) is 5.69 Å². The van der Waals surface area contributed by atoms with Crippen LogP contribution in [0.1, 0.15) is 36.7 Å². The molecule has 1 aromatic heterocycles. The van der Waals surface area contributed by atoms with E-state index in [9.17, 15) is 0 Å². The van der Waals surface area contributed by atoms with Crippen LogP contribution in [-0.4, -0.2) is 10.2 Å². The van der Waals surface area contributed by atoms with E-state index < -0.39 is 0 Å². The Morgan fingerprint density at radius 2 is 1.88 bits per heavy atom. The molecule has 1 aromatic carbocycles. The second-order valence-corrected chi connectivity index (χ2v) is 4.65. The Bertz CT molecular complexity index is 495. The van der Waals surface area contributed by atoms with Crippen LogP contribution in [0.25, 0.3) is 11.1 Å². The molecular formula is C14H19N3. The third kappa shape index (κ3) is 2.24. The van der Waals surface area contributed by atoms with E-state index in [4.69, 9.17) is 5.73 Å². The van der Waals surface area contributed by atoms with Gasteiger partial charge < -0.3 is 5.73 Å². The van der Waals surface area contributed by atoms with Crippen molar-refractivity contribution in [3.63, 3.8) is 0 Å². The van der Waals surface area contributed by atoms with Crippen LogP contribution in [0.5, 0.6) is 0 Å². The lowest BCUT2D eigenvalue weighted by atomic mass is 9.98. The monoisotopic (exact) mass is 229 g/mol. The summed E-state index contributed by atoms with van der Waals surface area (Å²) in [6.45, 7) is 6.89. The van der Waals surface area contributed by atoms with Crippen LogP contribution in [-0.2, 0) is 6.54 Å². The Morgan fingerprint density at radius 1 is 1.24 bits per heavy atom. The number of nitrogens with zero attached hydrogens (tertiary/aromatic N) is 1. The zero-order valence-corrected chi connectivity index (χ0v) is 10.6. The second-order valence-electron chi connectivity index (χ2n) is 4.65. The number of rotatable bonds is 3. The molecule has 0 aliphatic heterocycles. The number of hydrogen-bond acceptors (Lipinski definition) is 2. The van der Waals surface area contributed by atoms with Crippen molar-refractivity contribution in [2.45, 2.75) is 33.2 Å². The van der Waals surface area contributed by atoms with E-state index in [-0.39, 0.29) is 0 Å². The molecule has 3 nitrogen and oxygen atoms in total. The molecule has 0 spiro atoms. The third-order valence-electron chi connectivity index (χ3n) is 3.08. The van der Waals surface area contributed by atoms with E-state index in [0.717, 1.165) is 17.0 Å². The SMILES string of the molecule is Cc1[nH]nc(CN)c1-c1ccc(C(C)C)cc1. The minimum atomic E-state index is 0.464. The maximum atomic E-state index is 5.70. The van der Waals surface area contributed by atoms with Crippen molar-refractivity contribution in [1.82, 2.24) is 10.2 Å². The molecule has 2 aromatic rings. The fourth-order valence-corrected chi connectivity index (χ4v) is 2.05. The Balaban J connectivity index is 2.42. The summed E-state index contributed by atoms with van der Waals surface area (Å²) in [6, 6.07) is 8.64. The molecule has 0 aliphatic rings. The lowest BCUT2D eigenvalue weighted by molar-refractivity contribution is 0.867. The normalized spacial score (nSPS) is 11.1. The first-order valence-electron chi connectivity index (χ1n) is 5.97. The van der Waals surface area contributed by atoms with Gasteiger partial charge in [-0.05, 0) is 24.0 Å². The van der Waals surface area contributed by atoms with Gasteiger partial charge in [-0.25, -0.2) is 0 Å². The highest BCUT2D eigenvalue weighted by Gasteiger charge is 2.11. The largest absolute Gasteiger partial charge is 0.325 e. The number of hydrogen-bond donors (Lipinski definition) is 2. The number of H-pyrrole nitrogens is 1. The van der Waals surface area contributed by atoms with Gasteiger partial charge in [-0.2, -0.15) is 5.10 Å².